The van der Waals surface area contributed by atoms with Crippen LogP contribution < -0.4 is 0 Å². The Morgan fingerprint density at radius 3 is 2.61 bits per heavy atom. The van der Waals surface area contributed by atoms with E-state index in [0.29, 0.717) is 29.9 Å². The summed E-state index contributed by atoms with van der Waals surface area (Å²) in [7, 11) is 0. The first-order valence-electron chi connectivity index (χ1n) is 13.0. The number of pyridine rings is 1. The summed E-state index contributed by atoms with van der Waals surface area (Å²) >= 11 is 0. The Morgan fingerprint density at radius 2 is 1.82 bits per heavy atom. The van der Waals surface area contributed by atoms with E-state index in [4.69, 9.17) is 4.42 Å². The average Bonchev–Trinajstić information content (AvgIpc) is 3.38. The zero-order chi connectivity index (χ0) is 26.3. The van der Waals surface area contributed by atoms with E-state index in [9.17, 15) is 9.90 Å². The third-order valence-corrected chi connectivity index (χ3v) is 7.62. The summed E-state index contributed by atoms with van der Waals surface area (Å²) in [4.78, 5) is 19.8. The molecule has 1 aliphatic rings. The van der Waals surface area contributed by atoms with Crippen molar-refractivity contribution in [2.75, 3.05) is 6.54 Å². The molecule has 5 nitrogen and oxygen atoms in total. The number of hydrogen-bond acceptors (Lipinski definition) is 4. The lowest BCUT2D eigenvalue weighted by Crippen LogP contribution is -2.41. The number of rotatable bonds is 5. The zero-order valence-corrected chi connectivity index (χ0v) is 21.6. The van der Waals surface area contributed by atoms with Gasteiger partial charge in [0, 0.05) is 24.3 Å². The van der Waals surface area contributed by atoms with Crippen molar-refractivity contribution in [2.45, 2.75) is 38.3 Å². The van der Waals surface area contributed by atoms with Crippen LogP contribution >= 0.6 is 0 Å². The van der Waals surface area contributed by atoms with Crippen LogP contribution in [0.2, 0.25) is 0 Å². The summed E-state index contributed by atoms with van der Waals surface area (Å²) in [6, 6.07) is 28.0. The highest BCUT2D eigenvalue weighted by Gasteiger charge is 2.32. The highest BCUT2D eigenvalue weighted by Crippen LogP contribution is 2.37. The van der Waals surface area contributed by atoms with Gasteiger partial charge in [-0.2, -0.15) is 0 Å². The molecule has 1 aliphatic heterocycles. The average molecular weight is 503 g/mol. The molecular formula is C33H30N2O3. The maximum absolute atomic E-state index is 13.8. The summed E-state index contributed by atoms with van der Waals surface area (Å²) < 4.78 is 6.02. The van der Waals surface area contributed by atoms with Crippen LogP contribution in [0.15, 0.2) is 102 Å². The number of hydrogen-bond donors (Lipinski definition) is 1. The minimum Gasteiger partial charge on any atom is -0.458 e. The van der Waals surface area contributed by atoms with Gasteiger partial charge >= 0.3 is 0 Å². The topological polar surface area (TPSA) is 66.6 Å². The number of amides is 1. The quantitative estimate of drug-likeness (QED) is 0.315. The summed E-state index contributed by atoms with van der Waals surface area (Å²) in [5.41, 5.74) is 5.89. The molecule has 1 amide bonds. The predicted octanol–water partition coefficient (Wildman–Crippen LogP) is 6.11. The molecule has 5 aromatic rings. The number of furan rings is 1. The van der Waals surface area contributed by atoms with Crippen molar-refractivity contribution >= 4 is 16.9 Å². The van der Waals surface area contributed by atoms with Gasteiger partial charge in [-0.15, -0.1) is 0 Å². The molecule has 38 heavy (non-hydrogen) atoms. The van der Waals surface area contributed by atoms with E-state index in [1.165, 1.54) is 16.7 Å². The van der Waals surface area contributed by atoms with Crippen molar-refractivity contribution in [3.8, 4) is 0 Å². The lowest BCUT2D eigenvalue weighted by molar-refractivity contribution is -0.132. The maximum atomic E-state index is 13.8. The highest BCUT2D eigenvalue weighted by molar-refractivity contribution is 5.84. The van der Waals surface area contributed by atoms with E-state index in [2.05, 4.69) is 42.2 Å². The van der Waals surface area contributed by atoms with E-state index in [-0.39, 0.29) is 11.9 Å². The molecule has 0 spiro atoms. The van der Waals surface area contributed by atoms with Crippen molar-refractivity contribution in [1.29, 1.82) is 0 Å². The van der Waals surface area contributed by atoms with Crippen LogP contribution in [-0.4, -0.2) is 27.4 Å². The normalized spacial score (nSPS) is 16.7. The molecule has 0 aliphatic carbocycles. The number of fused-ring (bicyclic) bond motifs is 2. The second-order valence-electron chi connectivity index (χ2n) is 10.3. The highest BCUT2D eigenvalue weighted by atomic mass is 16.4. The first-order chi connectivity index (χ1) is 18.4. The van der Waals surface area contributed by atoms with Gasteiger partial charge in [-0.05, 0) is 78.4 Å². The zero-order valence-electron chi connectivity index (χ0n) is 21.6. The molecule has 2 unspecified atom stereocenters. The second kappa shape index (κ2) is 9.58. The lowest BCUT2D eigenvalue weighted by atomic mass is 9.87. The first kappa shape index (κ1) is 24.1. The van der Waals surface area contributed by atoms with Crippen LogP contribution in [0, 0.1) is 6.92 Å². The first-order valence-corrected chi connectivity index (χ1v) is 13.0. The minimum absolute atomic E-state index is 0.0944. The Hall–Kier alpha value is -4.22. The van der Waals surface area contributed by atoms with Gasteiger partial charge in [0.2, 0.25) is 5.91 Å². The number of nitrogens with zero attached hydrogens (tertiary/aromatic N) is 2. The molecule has 0 saturated carbocycles. The standard InChI is InChI=1S/C33H30N2O3/c1-22-8-10-28-25(18-22)14-17-35(32(28)24-6-4-3-5-7-24)31(36)20-23-9-11-29-26(19-23)21-30(38-29)33(2,37)27-12-15-34-16-13-27/h3-13,15-16,18-19,21,32,37H,14,17,20H2,1-2H3. The summed E-state index contributed by atoms with van der Waals surface area (Å²) in [6.07, 6.45) is 4.44. The van der Waals surface area contributed by atoms with E-state index in [1.54, 1.807) is 31.5 Å². The number of aromatic nitrogens is 1. The van der Waals surface area contributed by atoms with Gasteiger partial charge in [0.05, 0.1) is 12.5 Å². The fourth-order valence-electron chi connectivity index (χ4n) is 5.56. The van der Waals surface area contributed by atoms with Gasteiger partial charge < -0.3 is 14.4 Å². The van der Waals surface area contributed by atoms with E-state index in [1.807, 2.05) is 47.4 Å². The smallest absolute Gasteiger partial charge is 0.227 e. The van der Waals surface area contributed by atoms with Crippen molar-refractivity contribution < 1.29 is 14.3 Å². The van der Waals surface area contributed by atoms with Gasteiger partial charge in [0.15, 0.2) is 0 Å². The molecule has 0 bridgehead atoms. The molecule has 6 rings (SSSR count). The Bertz CT molecular complexity index is 1610. The number of aryl methyl sites for hydroxylation is 1. The van der Waals surface area contributed by atoms with Crippen LogP contribution in [0.25, 0.3) is 11.0 Å². The van der Waals surface area contributed by atoms with Crippen molar-refractivity contribution in [3.63, 3.8) is 0 Å². The number of carbonyl (C=O) groups is 1. The second-order valence-corrected chi connectivity index (χ2v) is 10.3. The monoisotopic (exact) mass is 502 g/mol. The fourth-order valence-corrected chi connectivity index (χ4v) is 5.56. The van der Waals surface area contributed by atoms with Gasteiger partial charge in [-0.1, -0.05) is 60.2 Å². The molecular weight excluding hydrogens is 472 g/mol. The van der Waals surface area contributed by atoms with Crippen molar-refractivity contribution in [3.05, 3.63) is 136 Å². The Balaban J connectivity index is 1.29. The number of aliphatic hydroxyl groups is 1. The third kappa shape index (κ3) is 4.39. The molecule has 2 aromatic heterocycles. The fraction of sp³-hybridized carbons (Fsp3) is 0.212. The molecule has 0 saturated heterocycles. The van der Waals surface area contributed by atoms with Gasteiger partial charge in [-0.3, -0.25) is 9.78 Å². The molecule has 3 aromatic carbocycles. The van der Waals surface area contributed by atoms with E-state index >= 15 is 0 Å². The Morgan fingerprint density at radius 1 is 1.03 bits per heavy atom. The van der Waals surface area contributed by atoms with Gasteiger partial charge in [0.1, 0.15) is 16.9 Å². The molecule has 0 fully saturated rings. The van der Waals surface area contributed by atoms with E-state index in [0.717, 1.165) is 22.9 Å². The third-order valence-electron chi connectivity index (χ3n) is 7.62. The summed E-state index contributed by atoms with van der Waals surface area (Å²) in [5, 5.41) is 12.1. The summed E-state index contributed by atoms with van der Waals surface area (Å²) in [5.74, 6) is 0.547. The minimum atomic E-state index is -1.29. The van der Waals surface area contributed by atoms with E-state index < -0.39 is 5.60 Å². The van der Waals surface area contributed by atoms with Crippen molar-refractivity contribution in [1.82, 2.24) is 9.88 Å². The van der Waals surface area contributed by atoms with Gasteiger partial charge in [0.25, 0.3) is 0 Å². The van der Waals surface area contributed by atoms with Crippen LogP contribution in [-0.2, 0) is 23.2 Å². The SMILES string of the molecule is Cc1ccc2c(c1)CCN(C(=O)Cc1ccc3oc(C(C)(O)c4ccncc4)cc3c1)C2c1ccccc1. The molecule has 0 radical (unpaired) electrons. The van der Waals surface area contributed by atoms with Crippen LogP contribution in [0.3, 0.4) is 0 Å². The summed E-state index contributed by atoms with van der Waals surface area (Å²) in [6.45, 7) is 4.51. The Kier molecular flexibility index (Phi) is 6.09. The molecule has 5 heteroatoms. The number of benzene rings is 3. The largest absolute Gasteiger partial charge is 0.458 e. The predicted molar refractivity (Wildman–Crippen MR) is 148 cm³/mol. The number of carbonyl (C=O) groups excluding carboxylic acids is 1. The molecule has 3 heterocycles. The lowest BCUT2D eigenvalue weighted by Gasteiger charge is -2.38. The molecule has 2 atom stereocenters. The molecule has 190 valence electrons. The van der Waals surface area contributed by atoms with Crippen molar-refractivity contribution in [2.24, 2.45) is 0 Å². The van der Waals surface area contributed by atoms with Crippen LogP contribution in [0.1, 0.15) is 52.1 Å². The Labute approximate surface area is 222 Å². The van der Waals surface area contributed by atoms with Crippen LogP contribution in [0.5, 0.6) is 0 Å². The van der Waals surface area contributed by atoms with Crippen LogP contribution in [0.4, 0.5) is 0 Å². The molecule has 1 N–H and O–H groups in total. The van der Waals surface area contributed by atoms with Gasteiger partial charge in [-0.25, -0.2) is 0 Å². The maximum Gasteiger partial charge on any atom is 0.227 e.